The summed E-state index contributed by atoms with van der Waals surface area (Å²) in [5, 5.41) is 3.22. The zero-order chi connectivity index (χ0) is 10.9. The van der Waals surface area contributed by atoms with Crippen molar-refractivity contribution in [2.24, 2.45) is 0 Å². The van der Waals surface area contributed by atoms with Gasteiger partial charge in [-0.05, 0) is 38.1 Å². The summed E-state index contributed by atoms with van der Waals surface area (Å²) in [4.78, 5) is 0. The zero-order valence-electron chi connectivity index (χ0n) is 10.4. The fourth-order valence-electron chi connectivity index (χ4n) is 2.18. The molecule has 0 unspecified atom stereocenters. The SMILES string of the molecule is CCC[Si](CCC)(CCCNC)OC. The second kappa shape index (κ2) is 8.45. The van der Waals surface area contributed by atoms with Gasteiger partial charge >= 0.3 is 0 Å². The molecule has 0 saturated carbocycles. The van der Waals surface area contributed by atoms with Crippen LogP contribution in [0.25, 0.3) is 0 Å². The Hall–Kier alpha value is 0.137. The molecule has 0 aromatic rings. The average Bonchev–Trinajstić information content (AvgIpc) is 2.19. The largest absolute Gasteiger partial charge is 0.420 e. The molecule has 1 N–H and O–H groups in total. The predicted octanol–water partition coefficient (Wildman–Crippen LogP) is 3.01. The van der Waals surface area contributed by atoms with Gasteiger partial charge in [0.1, 0.15) is 0 Å². The molecular weight excluding hydrogens is 190 g/mol. The number of nitrogens with one attached hydrogen (secondary N) is 1. The number of hydrogen-bond acceptors (Lipinski definition) is 2. The van der Waals surface area contributed by atoms with Crippen LogP contribution in [-0.2, 0) is 4.43 Å². The second-order valence-corrected chi connectivity index (χ2v) is 8.37. The van der Waals surface area contributed by atoms with E-state index in [4.69, 9.17) is 4.43 Å². The summed E-state index contributed by atoms with van der Waals surface area (Å²) in [6, 6.07) is 3.99. The Kier molecular flexibility index (Phi) is 8.53. The molecule has 0 atom stereocenters. The number of rotatable bonds is 9. The fourth-order valence-corrected chi connectivity index (χ4v) is 6.19. The zero-order valence-corrected chi connectivity index (χ0v) is 11.4. The van der Waals surface area contributed by atoms with Gasteiger partial charge < -0.3 is 9.74 Å². The fraction of sp³-hybridized carbons (Fsp3) is 1.00. The molecule has 0 heterocycles. The van der Waals surface area contributed by atoms with E-state index in [-0.39, 0.29) is 0 Å². The van der Waals surface area contributed by atoms with Gasteiger partial charge in [-0.15, -0.1) is 0 Å². The minimum atomic E-state index is -1.35. The summed E-state index contributed by atoms with van der Waals surface area (Å²) in [6.07, 6.45) is 3.83. The van der Waals surface area contributed by atoms with Gasteiger partial charge in [0, 0.05) is 7.11 Å². The van der Waals surface area contributed by atoms with Crippen LogP contribution in [0.3, 0.4) is 0 Å². The molecule has 0 amide bonds. The molecule has 3 heteroatoms. The number of hydrogen-bond donors (Lipinski definition) is 1. The van der Waals surface area contributed by atoms with E-state index in [0.717, 1.165) is 6.54 Å². The van der Waals surface area contributed by atoms with Crippen molar-refractivity contribution in [1.29, 1.82) is 0 Å². The van der Waals surface area contributed by atoms with Gasteiger partial charge in [0.15, 0.2) is 8.32 Å². The summed E-state index contributed by atoms with van der Waals surface area (Å²) >= 11 is 0. The van der Waals surface area contributed by atoms with Gasteiger partial charge in [0.2, 0.25) is 0 Å². The second-order valence-electron chi connectivity index (χ2n) is 4.09. The maximum absolute atomic E-state index is 5.88. The van der Waals surface area contributed by atoms with Gasteiger partial charge in [0.25, 0.3) is 0 Å². The summed E-state index contributed by atoms with van der Waals surface area (Å²) in [5.41, 5.74) is 0. The highest BCUT2D eigenvalue weighted by molar-refractivity contribution is 6.73. The molecule has 0 bridgehead atoms. The van der Waals surface area contributed by atoms with E-state index in [1.165, 1.54) is 37.4 Å². The summed E-state index contributed by atoms with van der Waals surface area (Å²) in [7, 11) is 2.60. The van der Waals surface area contributed by atoms with E-state index in [0.29, 0.717) is 0 Å². The molecule has 0 fully saturated rings. The minimum Gasteiger partial charge on any atom is -0.420 e. The maximum Gasteiger partial charge on any atom is 0.192 e. The minimum absolute atomic E-state index is 1.13. The Morgan fingerprint density at radius 3 is 2.00 bits per heavy atom. The van der Waals surface area contributed by atoms with Crippen LogP contribution in [0.2, 0.25) is 18.1 Å². The maximum atomic E-state index is 5.88. The molecule has 86 valence electrons. The molecule has 0 aliphatic heterocycles. The third kappa shape index (κ3) is 5.13. The van der Waals surface area contributed by atoms with E-state index in [1.54, 1.807) is 0 Å². The van der Waals surface area contributed by atoms with Crippen molar-refractivity contribution in [3.05, 3.63) is 0 Å². The van der Waals surface area contributed by atoms with Gasteiger partial charge in [-0.1, -0.05) is 26.7 Å². The molecular formula is C11H27NOSi. The van der Waals surface area contributed by atoms with E-state index in [1.807, 2.05) is 14.2 Å². The van der Waals surface area contributed by atoms with Crippen LogP contribution in [0, 0.1) is 0 Å². The van der Waals surface area contributed by atoms with E-state index < -0.39 is 8.32 Å². The smallest absolute Gasteiger partial charge is 0.192 e. The molecule has 0 aliphatic carbocycles. The molecule has 0 aromatic carbocycles. The first kappa shape index (κ1) is 14.1. The first-order chi connectivity index (χ1) is 6.74. The van der Waals surface area contributed by atoms with E-state index in [9.17, 15) is 0 Å². The monoisotopic (exact) mass is 217 g/mol. The van der Waals surface area contributed by atoms with Crippen LogP contribution in [-0.4, -0.2) is 29.0 Å². The summed E-state index contributed by atoms with van der Waals surface area (Å²) < 4.78 is 5.88. The highest BCUT2D eigenvalue weighted by Gasteiger charge is 2.30. The molecule has 2 nitrogen and oxygen atoms in total. The van der Waals surface area contributed by atoms with Crippen molar-refractivity contribution >= 4 is 8.32 Å². The normalized spacial score (nSPS) is 12.0. The van der Waals surface area contributed by atoms with Crippen LogP contribution < -0.4 is 5.32 Å². The Bertz CT molecular complexity index is 124. The molecule has 14 heavy (non-hydrogen) atoms. The molecule has 0 saturated heterocycles. The lowest BCUT2D eigenvalue weighted by molar-refractivity contribution is 0.385. The van der Waals surface area contributed by atoms with Crippen LogP contribution in [0.5, 0.6) is 0 Å². The standard InChI is InChI=1S/C11H27NOSi/c1-5-9-14(13-4,10-6-2)11-7-8-12-3/h12H,5-11H2,1-4H3. The average molecular weight is 217 g/mol. The predicted molar refractivity (Wildman–Crippen MR) is 66.3 cm³/mol. The van der Waals surface area contributed by atoms with Crippen LogP contribution >= 0.6 is 0 Å². The lowest BCUT2D eigenvalue weighted by Crippen LogP contribution is -2.37. The van der Waals surface area contributed by atoms with Crippen molar-refractivity contribution in [2.45, 2.75) is 51.2 Å². The molecule has 0 rings (SSSR count). The summed E-state index contributed by atoms with van der Waals surface area (Å²) in [6.45, 7) is 5.68. The summed E-state index contributed by atoms with van der Waals surface area (Å²) in [5.74, 6) is 0. The van der Waals surface area contributed by atoms with E-state index in [2.05, 4.69) is 19.2 Å². The van der Waals surface area contributed by atoms with Crippen molar-refractivity contribution in [2.75, 3.05) is 20.7 Å². The van der Waals surface area contributed by atoms with Crippen molar-refractivity contribution in [1.82, 2.24) is 5.32 Å². The van der Waals surface area contributed by atoms with Crippen molar-refractivity contribution < 1.29 is 4.43 Å². The molecule has 0 aliphatic rings. The Morgan fingerprint density at radius 2 is 1.64 bits per heavy atom. The topological polar surface area (TPSA) is 21.3 Å². The molecule has 0 spiro atoms. The first-order valence-electron chi connectivity index (χ1n) is 5.94. The van der Waals surface area contributed by atoms with Crippen molar-refractivity contribution in [3.8, 4) is 0 Å². The van der Waals surface area contributed by atoms with Crippen LogP contribution in [0.15, 0.2) is 0 Å². The van der Waals surface area contributed by atoms with Gasteiger partial charge in [-0.3, -0.25) is 0 Å². The van der Waals surface area contributed by atoms with Gasteiger partial charge in [0.05, 0.1) is 0 Å². The molecule has 0 aromatic heterocycles. The van der Waals surface area contributed by atoms with Gasteiger partial charge in [-0.2, -0.15) is 0 Å². The van der Waals surface area contributed by atoms with Crippen LogP contribution in [0.4, 0.5) is 0 Å². The Labute approximate surface area is 90.6 Å². The quantitative estimate of drug-likeness (QED) is 0.473. The molecule has 0 radical (unpaired) electrons. The lowest BCUT2D eigenvalue weighted by Gasteiger charge is -2.29. The third-order valence-electron chi connectivity index (χ3n) is 2.90. The Balaban J connectivity index is 4.03. The highest BCUT2D eigenvalue weighted by Crippen LogP contribution is 2.26. The van der Waals surface area contributed by atoms with Crippen LogP contribution in [0.1, 0.15) is 33.1 Å². The first-order valence-corrected chi connectivity index (χ1v) is 8.47. The van der Waals surface area contributed by atoms with E-state index >= 15 is 0 Å². The Morgan fingerprint density at radius 1 is 1.07 bits per heavy atom. The van der Waals surface area contributed by atoms with Crippen molar-refractivity contribution in [3.63, 3.8) is 0 Å². The third-order valence-corrected chi connectivity index (χ3v) is 7.86. The lowest BCUT2D eigenvalue weighted by atomic mass is 10.5. The van der Waals surface area contributed by atoms with Gasteiger partial charge in [-0.25, -0.2) is 0 Å². The highest BCUT2D eigenvalue weighted by atomic mass is 28.4.